The summed E-state index contributed by atoms with van der Waals surface area (Å²) in [6, 6.07) is 8.27. The number of hydrogen-bond donors (Lipinski definition) is 1. The van der Waals surface area contributed by atoms with Gasteiger partial charge in [0.1, 0.15) is 0 Å². The highest BCUT2D eigenvalue weighted by Crippen LogP contribution is 2.55. The van der Waals surface area contributed by atoms with E-state index >= 15 is 0 Å². The van der Waals surface area contributed by atoms with E-state index in [1.165, 1.54) is 44.1 Å². The van der Waals surface area contributed by atoms with E-state index in [1.807, 2.05) is 12.1 Å². The molecule has 1 aromatic carbocycles. The summed E-state index contributed by atoms with van der Waals surface area (Å²) in [5.41, 5.74) is 1.39. The van der Waals surface area contributed by atoms with Gasteiger partial charge < -0.3 is 5.32 Å². The van der Waals surface area contributed by atoms with Crippen LogP contribution in [0.4, 0.5) is 0 Å². The molecule has 3 heteroatoms. The minimum absolute atomic E-state index is 0.156. The molecule has 0 atom stereocenters. The Morgan fingerprint density at radius 3 is 2.36 bits per heavy atom. The van der Waals surface area contributed by atoms with Crippen LogP contribution in [0.1, 0.15) is 50.5 Å². The van der Waals surface area contributed by atoms with E-state index in [0.29, 0.717) is 6.42 Å². The van der Waals surface area contributed by atoms with Gasteiger partial charge in [-0.15, -0.1) is 0 Å². The van der Waals surface area contributed by atoms with Crippen molar-refractivity contribution in [2.75, 3.05) is 0 Å². The van der Waals surface area contributed by atoms with Crippen molar-refractivity contribution in [3.8, 4) is 0 Å². The highest BCUT2D eigenvalue weighted by Gasteiger charge is 2.51. The lowest BCUT2D eigenvalue weighted by atomic mass is 9.53. The standard InChI is InChI=1S/C19H24BrNO/c20-17-3-1-2-13(9-17)4-5-18(22)21-19-10-14-6-15(11-19)8-16(7-14)12-19/h1-3,9,14-16H,4-8,10-12H2,(H,21,22). The maximum Gasteiger partial charge on any atom is 0.220 e. The third kappa shape index (κ3) is 2.97. The molecule has 4 fully saturated rings. The highest BCUT2D eigenvalue weighted by atomic mass is 79.9. The lowest BCUT2D eigenvalue weighted by molar-refractivity contribution is -0.126. The van der Waals surface area contributed by atoms with Crippen LogP contribution in [0.5, 0.6) is 0 Å². The molecule has 5 rings (SSSR count). The number of hydrogen-bond acceptors (Lipinski definition) is 1. The van der Waals surface area contributed by atoms with Gasteiger partial charge in [0.25, 0.3) is 0 Å². The molecule has 0 unspecified atom stereocenters. The van der Waals surface area contributed by atoms with Crippen LogP contribution in [-0.4, -0.2) is 11.4 Å². The third-order valence-corrected chi connectivity index (χ3v) is 6.47. The van der Waals surface area contributed by atoms with Gasteiger partial charge in [0.2, 0.25) is 5.91 Å². The lowest BCUT2D eigenvalue weighted by Gasteiger charge is -2.56. The van der Waals surface area contributed by atoms with Crippen molar-refractivity contribution < 1.29 is 4.79 Å². The van der Waals surface area contributed by atoms with Gasteiger partial charge in [0, 0.05) is 16.4 Å². The Balaban J connectivity index is 1.36. The molecular weight excluding hydrogens is 338 g/mol. The van der Waals surface area contributed by atoms with Crippen LogP contribution >= 0.6 is 15.9 Å². The molecule has 2 nitrogen and oxygen atoms in total. The van der Waals surface area contributed by atoms with Crippen molar-refractivity contribution >= 4 is 21.8 Å². The summed E-state index contributed by atoms with van der Waals surface area (Å²) in [7, 11) is 0. The summed E-state index contributed by atoms with van der Waals surface area (Å²) in [5, 5.41) is 3.46. The molecule has 0 spiro atoms. The molecule has 0 radical (unpaired) electrons. The molecule has 0 aliphatic heterocycles. The van der Waals surface area contributed by atoms with Gasteiger partial charge >= 0.3 is 0 Å². The van der Waals surface area contributed by atoms with Crippen molar-refractivity contribution in [1.82, 2.24) is 5.32 Å². The fraction of sp³-hybridized carbons (Fsp3) is 0.632. The summed E-state index contributed by atoms with van der Waals surface area (Å²) in [4.78, 5) is 12.5. The number of nitrogens with one attached hydrogen (secondary N) is 1. The van der Waals surface area contributed by atoms with E-state index in [2.05, 4.69) is 33.4 Å². The highest BCUT2D eigenvalue weighted by molar-refractivity contribution is 9.10. The van der Waals surface area contributed by atoms with Crippen LogP contribution in [0.2, 0.25) is 0 Å². The van der Waals surface area contributed by atoms with E-state index in [-0.39, 0.29) is 11.4 Å². The van der Waals surface area contributed by atoms with Crippen molar-refractivity contribution in [1.29, 1.82) is 0 Å². The zero-order chi connectivity index (χ0) is 15.2. The Kier molecular flexibility index (Phi) is 3.80. The number of amides is 1. The van der Waals surface area contributed by atoms with Gasteiger partial charge in [0.15, 0.2) is 0 Å². The monoisotopic (exact) mass is 361 g/mol. The largest absolute Gasteiger partial charge is 0.351 e. The second-order valence-electron chi connectivity index (χ2n) is 7.88. The van der Waals surface area contributed by atoms with Crippen LogP contribution in [0, 0.1) is 17.8 Å². The first-order chi connectivity index (χ1) is 10.6. The molecule has 1 aromatic rings. The molecular formula is C19H24BrNO. The van der Waals surface area contributed by atoms with E-state index in [9.17, 15) is 4.79 Å². The second-order valence-corrected chi connectivity index (χ2v) is 8.79. The third-order valence-electron chi connectivity index (χ3n) is 5.97. The van der Waals surface area contributed by atoms with Crippen LogP contribution in [0.25, 0.3) is 0 Å². The SMILES string of the molecule is O=C(CCc1cccc(Br)c1)NC12CC3CC(CC(C3)C1)C2. The molecule has 0 heterocycles. The summed E-state index contributed by atoms with van der Waals surface area (Å²) in [5.74, 6) is 2.91. The molecule has 0 saturated heterocycles. The number of carbonyl (C=O) groups excluding carboxylic acids is 1. The van der Waals surface area contributed by atoms with Gasteiger partial charge in [-0.25, -0.2) is 0 Å². The molecule has 1 N–H and O–H groups in total. The van der Waals surface area contributed by atoms with E-state index in [4.69, 9.17) is 0 Å². The van der Waals surface area contributed by atoms with Gasteiger partial charge in [-0.3, -0.25) is 4.79 Å². The predicted molar refractivity (Wildman–Crippen MR) is 91.5 cm³/mol. The van der Waals surface area contributed by atoms with Crippen LogP contribution in [0.3, 0.4) is 0 Å². The molecule has 0 aromatic heterocycles. The molecule has 4 saturated carbocycles. The van der Waals surface area contributed by atoms with Crippen LogP contribution in [0.15, 0.2) is 28.7 Å². The van der Waals surface area contributed by atoms with Gasteiger partial charge in [-0.2, -0.15) is 0 Å². The summed E-state index contributed by atoms with van der Waals surface area (Å²) < 4.78 is 1.09. The van der Waals surface area contributed by atoms with Gasteiger partial charge in [-0.1, -0.05) is 28.1 Å². The van der Waals surface area contributed by atoms with Gasteiger partial charge in [-0.05, 0) is 80.4 Å². The topological polar surface area (TPSA) is 29.1 Å². The van der Waals surface area contributed by atoms with Crippen LogP contribution < -0.4 is 5.32 Å². The Hall–Kier alpha value is -0.830. The second kappa shape index (κ2) is 5.67. The average molecular weight is 362 g/mol. The molecule has 1 amide bonds. The predicted octanol–water partition coefficient (Wildman–Crippen LogP) is 4.47. The molecule has 118 valence electrons. The number of rotatable bonds is 4. The maximum absolute atomic E-state index is 12.5. The Bertz CT molecular complexity index is 547. The normalized spacial score (nSPS) is 35.6. The zero-order valence-electron chi connectivity index (χ0n) is 13.0. The quantitative estimate of drug-likeness (QED) is 0.842. The number of halogens is 1. The fourth-order valence-electron chi connectivity index (χ4n) is 5.57. The van der Waals surface area contributed by atoms with Gasteiger partial charge in [0.05, 0.1) is 0 Å². The molecule has 4 aliphatic carbocycles. The van der Waals surface area contributed by atoms with E-state index in [1.54, 1.807) is 0 Å². The Labute approximate surface area is 141 Å². The van der Waals surface area contributed by atoms with Crippen LogP contribution in [-0.2, 0) is 11.2 Å². The molecule has 4 bridgehead atoms. The first-order valence-electron chi connectivity index (χ1n) is 8.66. The lowest BCUT2D eigenvalue weighted by Crippen LogP contribution is -2.59. The Morgan fingerprint density at radius 2 is 1.77 bits per heavy atom. The minimum atomic E-state index is 0.156. The zero-order valence-corrected chi connectivity index (χ0v) is 14.6. The number of carbonyl (C=O) groups is 1. The number of benzene rings is 1. The first-order valence-corrected chi connectivity index (χ1v) is 9.45. The molecule has 22 heavy (non-hydrogen) atoms. The van der Waals surface area contributed by atoms with Crippen molar-refractivity contribution in [3.05, 3.63) is 34.3 Å². The minimum Gasteiger partial charge on any atom is -0.351 e. The van der Waals surface area contributed by atoms with Crippen molar-refractivity contribution in [2.24, 2.45) is 17.8 Å². The average Bonchev–Trinajstić information content (AvgIpc) is 2.43. The van der Waals surface area contributed by atoms with E-state index in [0.717, 1.165) is 28.6 Å². The van der Waals surface area contributed by atoms with E-state index < -0.39 is 0 Å². The summed E-state index contributed by atoms with van der Waals surface area (Å²) >= 11 is 3.49. The maximum atomic E-state index is 12.5. The fourth-order valence-corrected chi connectivity index (χ4v) is 6.02. The summed E-state index contributed by atoms with van der Waals surface area (Å²) in [6.07, 6.45) is 9.42. The van der Waals surface area contributed by atoms with Crippen molar-refractivity contribution in [2.45, 2.75) is 56.9 Å². The smallest absolute Gasteiger partial charge is 0.220 e. The first kappa shape index (κ1) is 14.7. The Morgan fingerprint density at radius 1 is 1.14 bits per heavy atom. The van der Waals surface area contributed by atoms with Crippen molar-refractivity contribution in [3.63, 3.8) is 0 Å². The number of aryl methyl sites for hydroxylation is 1. The molecule has 4 aliphatic rings. The summed E-state index contributed by atoms with van der Waals surface area (Å²) in [6.45, 7) is 0.